The highest BCUT2D eigenvalue weighted by Crippen LogP contribution is 2.18. The molecule has 2 atom stereocenters. The minimum atomic E-state index is 0.264. The zero-order valence-electron chi connectivity index (χ0n) is 10.2. The lowest BCUT2D eigenvalue weighted by atomic mass is 10.0. The van der Waals surface area contributed by atoms with E-state index in [0.29, 0.717) is 6.04 Å². The maximum absolute atomic E-state index is 6.14. The minimum Gasteiger partial charge on any atom is -0.382 e. The molecule has 0 aliphatic heterocycles. The van der Waals surface area contributed by atoms with Crippen LogP contribution in [-0.2, 0) is 11.2 Å². The highest BCUT2D eigenvalue weighted by Gasteiger charge is 2.12. The van der Waals surface area contributed by atoms with Gasteiger partial charge in [-0.05, 0) is 38.4 Å². The van der Waals surface area contributed by atoms with Crippen LogP contribution < -0.4 is 5.32 Å². The van der Waals surface area contributed by atoms with Crippen molar-refractivity contribution in [3.63, 3.8) is 0 Å². The molecule has 0 radical (unpaired) electrons. The van der Waals surface area contributed by atoms with Crippen LogP contribution >= 0.6 is 11.6 Å². The van der Waals surface area contributed by atoms with Crippen LogP contribution in [0.5, 0.6) is 0 Å². The molecule has 0 aliphatic rings. The third kappa shape index (κ3) is 4.12. The van der Waals surface area contributed by atoms with E-state index >= 15 is 0 Å². The Morgan fingerprint density at radius 3 is 2.62 bits per heavy atom. The number of likely N-dealkylation sites (N-methyl/N-ethyl adjacent to an activating group) is 1. The van der Waals surface area contributed by atoms with Crippen LogP contribution in [0.15, 0.2) is 24.3 Å². The van der Waals surface area contributed by atoms with Crippen LogP contribution in [0.1, 0.15) is 18.9 Å². The standard InChI is InChI=1S/C13H20ClNO/c1-10(16-3)8-12(15-2)9-11-6-4-5-7-13(11)14/h4-7,10,12,15H,8-9H2,1-3H3. The number of rotatable bonds is 6. The molecule has 0 aliphatic carbocycles. The lowest BCUT2D eigenvalue weighted by molar-refractivity contribution is 0.101. The van der Waals surface area contributed by atoms with Gasteiger partial charge >= 0.3 is 0 Å². The van der Waals surface area contributed by atoms with Crippen LogP contribution in [0.25, 0.3) is 0 Å². The van der Waals surface area contributed by atoms with E-state index in [9.17, 15) is 0 Å². The lowest BCUT2D eigenvalue weighted by Crippen LogP contribution is -2.31. The molecule has 2 nitrogen and oxygen atoms in total. The van der Waals surface area contributed by atoms with Crippen molar-refractivity contribution < 1.29 is 4.74 Å². The molecule has 0 fully saturated rings. The minimum absolute atomic E-state index is 0.264. The van der Waals surface area contributed by atoms with E-state index in [2.05, 4.69) is 18.3 Å². The zero-order valence-corrected chi connectivity index (χ0v) is 10.9. The lowest BCUT2D eigenvalue weighted by Gasteiger charge is -2.20. The van der Waals surface area contributed by atoms with E-state index in [-0.39, 0.29) is 6.10 Å². The maximum atomic E-state index is 6.14. The average molecular weight is 242 g/mol. The van der Waals surface area contributed by atoms with E-state index in [4.69, 9.17) is 16.3 Å². The largest absolute Gasteiger partial charge is 0.382 e. The molecule has 0 bridgehead atoms. The second-order valence-electron chi connectivity index (χ2n) is 4.06. The Morgan fingerprint density at radius 1 is 1.38 bits per heavy atom. The van der Waals surface area contributed by atoms with E-state index in [0.717, 1.165) is 17.9 Å². The summed E-state index contributed by atoms with van der Waals surface area (Å²) in [7, 11) is 3.72. The Hall–Kier alpha value is -0.570. The van der Waals surface area contributed by atoms with E-state index in [1.165, 1.54) is 5.56 Å². The van der Waals surface area contributed by atoms with Crippen LogP contribution in [0.4, 0.5) is 0 Å². The highest BCUT2D eigenvalue weighted by atomic mass is 35.5. The highest BCUT2D eigenvalue weighted by molar-refractivity contribution is 6.31. The first-order valence-electron chi connectivity index (χ1n) is 5.60. The number of ether oxygens (including phenoxy) is 1. The van der Waals surface area contributed by atoms with Gasteiger partial charge in [-0.3, -0.25) is 0 Å². The maximum Gasteiger partial charge on any atom is 0.0558 e. The molecular formula is C13H20ClNO. The molecule has 0 aromatic heterocycles. The summed E-state index contributed by atoms with van der Waals surface area (Å²) >= 11 is 6.14. The van der Waals surface area contributed by atoms with Crippen molar-refractivity contribution in [2.24, 2.45) is 0 Å². The average Bonchev–Trinajstić information content (AvgIpc) is 2.30. The van der Waals surface area contributed by atoms with Gasteiger partial charge in [0.05, 0.1) is 6.10 Å². The topological polar surface area (TPSA) is 21.3 Å². The van der Waals surface area contributed by atoms with Crippen molar-refractivity contribution >= 4 is 11.6 Å². The number of nitrogens with one attached hydrogen (secondary N) is 1. The quantitative estimate of drug-likeness (QED) is 0.827. The summed E-state index contributed by atoms with van der Waals surface area (Å²) in [5.41, 5.74) is 1.19. The fourth-order valence-corrected chi connectivity index (χ4v) is 1.94. The van der Waals surface area contributed by atoms with Gasteiger partial charge in [-0.15, -0.1) is 0 Å². The molecule has 1 aromatic carbocycles. The third-order valence-corrected chi connectivity index (χ3v) is 3.22. The van der Waals surface area contributed by atoms with Gasteiger partial charge in [-0.25, -0.2) is 0 Å². The predicted octanol–water partition coefficient (Wildman–Crippen LogP) is 2.90. The van der Waals surface area contributed by atoms with Gasteiger partial charge in [0.1, 0.15) is 0 Å². The molecular weight excluding hydrogens is 222 g/mol. The first kappa shape index (κ1) is 13.5. The van der Waals surface area contributed by atoms with Crippen molar-refractivity contribution in [2.45, 2.75) is 31.9 Å². The first-order valence-corrected chi connectivity index (χ1v) is 5.98. The Balaban J connectivity index is 2.60. The number of methoxy groups -OCH3 is 1. The Kier molecular flexibility index (Phi) is 5.81. The number of hydrogen-bond donors (Lipinski definition) is 1. The Bertz CT molecular complexity index is 317. The molecule has 16 heavy (non-hydrogen) atoms. The Labute approximate surface area is 103 Å². The fraction of sp³-hybridized carbons (Fsp3) is 0.538. The molecule has 0 heterocycles. The van der Waals surface area contributed by atoms with Gasteiger partial charge in [-0.2, -0.15) is 0 Å². The van der Waals surface area contributed by atoms with Gasteiger partial charge in [0.25, 0.3) is 0 Å². The van der Waals surface area contributed by atoms with Crippen molar-refractivity contribution in [1.29, 1.82) is 0 Å². The van der Waals surface area contributed by atoms with E-state index in [1.54, 1.807) is 7.11 Å². The van der Waals surface area contributed by atoms with Crippen LogP contribution in [0.2, 0.25) is 5.02 Å². The summed E-state index contributed by atoms with van der Waals surface area (Å²) in [6, 6.07) is 8.38. The molecule has 0 spiro atoms. The summed E-state index contributed by atoms with van der Waals surface area (Å²) in [4.78, 5) is 0. The van der Waals surface area contributed by atoms with Crippen LogP contribution in [0.3, 0.4) is 0 Å². The monoisotopic (exact) mass is 241 g/mol. The van der Waals surface area contributed by atoms with Crippen LogP contribution in [0, 0.1) is 0 Å². The van der Waals surface area contributed by atoms with Gasteiger partial charge in [-0.1, -0.05) is 29.8 Å². The van der Waals surface area contributed by atoms with E-state index in [1.807, 2.05) is 25.2 Å². The fourth-order valence-electron chi connectivity index (χ4n) is 1.73. The molecule has 0 saturated carbocycles. The summed E-state index contributed by atoms with van der Waals surface area (Å²) in [6.07, 6.45) is 2.18. The molecule has 1 rings (SSSR count). The van der Waals surface area contributed by atoms with Gasteiger partial charge in [0.15, 0.2) is 0 Å². The number of hydrogen-bond acceptors (Lipinski definition) is 2. The van der Waals surface area contributed by atoms with E-state index < -0.39 is 0 Å². The zero-order chi connectivity index (χ0) is 12.0. The molecule has 0 amide bonds. The summed E-state index contributed by atoms with van der Waals surface area (Å²) < 4.78 is 5.28. The summed E-state index contributed by atoms with van der Waals surface area (Å²) in [5, 5.41) is 4.14. The molecule has 1 aromatic rings. The number of halogens is 1. The number of benzene rings is 1. The molecule has 3 heteroatoms. The van der Waals surface area contributed by atoms with Crippen molar-refractivity contribution in [1.82, 2.24) is 5.32 Å². The van der Waals surface area contributed by atoms with Gasteiger partial charge < -0.3 is 10.1 Å². The van der Waals surface area contributed by atoms with Crippen molar-refractivity contribution in [3.05, 3.63) is 34.9 Å². The second-order valence-corrected chi connectivity index (χ2v) is 4.47. The molecule has 2 unspecified atom stereocenters. The molecule has 90 valence electrons. The Morgan fingerprint density at radius 2 is 2.06 bits per heavy atom. The normalized spacial score (nSPS) is 14.8. The third-order valence-electron chi connectivity index (χ3n) is 2.85. The summed E-state index contributed by atoms with van der Waals surface area (Å²) in [6.45, 7) is 2.08. The molecule has 0 saturated heterocycles. The first-order chi connectivity index (χ1) is 7.67. The van der Waals surface area contributed by atoms with Crippen molar-refractivity contribution in [2.75, 3.05) is 14.2 Å². The summed E-state index contributed by atoms with van der Waals surface area (Å²) in [5.74, 6) is 0. The second kappa shape index (κ2) is 6.89. The van der Waals surface area contributed by atoms with Gasteiger partial charge in [0, 0.05) is 18.2 Å². The molecule has 1 N–H and O–H groups in total. The SMILES string of the molecule is CNC(Cc1ccccc1Cl)CC(C)OC. The van der Waals surface area contributed by atoms with Crippen molar-refractivity contribution in [3.8, 4) is 0 Å². The van der Waals surface area contributed by atoms with Crippen LogP contribution in [-0.4, -0.2) is 26.3 Å². The smallest absolute Gasteiger partial charge is 0.0558 e. The predicted molar refractivity (Wildman–Crippen MR) is 69.1 cm³/mol. The van der Waals surface area contributed by atoms with Gasteiger partial charge in [0.2, 0.25) is 0 Å².